The van der Waals surface area contributed by atoms with Crippen LogP contribution >= 0.6 is 27.5 Å². The molecule has 76 valence electrons. The van der Waals surface area contributed by atoms with Gasteiger partial charge in [0.25, 0.3) is 11.7 Å². The van der Waals surface area contributed by atoms with Crippen LogP contribution in [0, 0.1) is 5.95 Å². The van der Waals surface area contributed by atoms with Crippen molar-refractivity contribution in [1.82, 2.24) is 4.98 Å². The van der Waals surface area contributed by atoms with E-state index in [1.807, 2.05) is 0 Å². The van der Waals surface area contributed by atoms with Gasteiger partial charge in [0.05, 0.1) is 5.56 Å². The Labute approximate surface area is 90.2 Å². The maximum atomic E-state index is 12.9. The molecular formula is C7H2BrClF3NO. The lowest BCUT2D eigenvalue weighted by atomic mass is 10.1. The van der Waals surface area contributed by atoms with E-state index in [2.05, 4.69) is 20.9 Å². The van der Waals surface area contributed by atoms with E-state index in [9.17, 15) is 18.0 Å². The van der Waals surface area contributed by atoms with Crippen LogP contribution in [0.1, 0.15) is 22.3 Å². The summed E-state index contributed by atoms with van der Waals surface area (Å²) in [5.41, 5.74) is -1.66. The molecule has 0 N–H and O–H groups in total. The number of hydrogen-bond acceptors (Lipinski definition) is 2. The van der Waals surface area contributed by atoms with Gasteiger partial charge in [0.1, 0.15) is 4.60 Å². The van der Waals surface area contributed by atoms with Crippen LogP contribution in [0.5, 0.6) is 0 Å². The third-order valence-electron chi connectivity index (χ3n) is 1.41. The van der Waals surface area contributed by atoms with E-state index in [0.29, 0.717) is 0 Å². The lowest BCUT2D eigenvalue weighted by Gasteiger charge is -2.05. The maximum absolute atomic E-state index is 12.9. The van der Waals surface area contributed by atoms with Crippen molar-refractivity contribution in [1.29, 1.82) is 0 Å². The summed E-state index contributed by atoms with van der Waals surface area (Å²) in [7, 11) is 0. The van der Waals surface area contributed by atoms with Gasteiger partial charge in [-0.25, -0.2) is 13.8 Å². The predicted octanol–water partition coefficient (Wildman–Crippen LogP) is 3.30. The zero-order valence-electron chi connectivity index (χ0n) is 6.40. The van der Waals surface area contributed by atoms with Gasteiger partial charge in [0, 0.05) is 5.56 Å². The molecule has 0 spiro atoms. The van der Waals surface area contributed by atoms with E-state index in [4.69, 9.17) is 11.6 Å². The molecule has 0 aromatic carbocycles. The average molecular weight is 288 g/mol. The second-order valence-corrected chi connectivity index (χ2v) is 3.43. The van der Waals surface area contributed by atoms with Crippen molar-refractivity contribution < 1.29 is 18.0 Å². The van der Waals surface area contributed by atoms with Crippen molar-refractivity contribution in [2.24, 2.45) is 0 Å². The molecule has 2 nitrogen and oxygen atoms in total. The van der Waals surface area contributed by atoms with Crippen molar-refractivity contribution in [3.05, 3.63) is 27.7 Å². The molecule has 0 radical (unpaired) electrons. The summed E-state index contributed by atoms with van der Waals surface area (Å²) in [4.78, 5) is 13.8. The molecule has 0 bridgehead atoms. The lowest BCUT2D eigenvalue weighted by molar-refractivity contribution is 0.106. The highest BCUT2D eigenvalue weighted by Crippen LogP contribution is 2.27. The highest BCUT2D eigenvalue weighted by Gasteiger charge is 2.23. The Morgan fingerprint density at radius 2 is 2.14 bits per heavy atom. The summed E-state index contributed by atoms with van der Waals surface area (Å²) in [6.45, 7) is 0. The van der Waals surface area contributed by atoms with E-state index in [-0.39, 0.29) is 4.60 Å². The van der Waals surface area contributed by atoms with Gasteiger partial charge >= 0.3 is 0 Å². The van der Waals surface area contributed by atoms with Crippen LogP contribution in [0.15, 0.2) is 10.7 Å². The van der Waals surface area contributed by atoms with Crippen LogP contribution in [-0.4, -0.2) is 10.2 Å². The minimum absolute atomic E-state index is 0.119. The lowest BCUT2D eigenvalue weighted by Crippen LogP contribution is -2.05. The summed E-state index contributed by atoms with van der Waals surface area (Å²) >= 11 is 7.67. The zero-order chi connectivity index (χ0) is 10.9. The largest absolute Gasteiger partial charge is 0.275 e. The maximum Gasteiger partial charge on any atom is 0.264 e. The molecule has 0 aliphatic rings. The molecule has 0 saturated carbocycles. The molecule has 0 aliphatic heterocycles. The number of carbonyl (C=O) groups is 1. The third-order valence-corrected chi connectivity index (χ3v) is 2.00. The number of aromatic nitrogens is 1. The Hall–Kier alpha value is -0.620. The van der Waals surface area contributed by atoms with Gasteiger partial charge in [0.2, 0.25) is 5.95 Å². The Morgan fingerprint density at radius 3 is 2.57 bits per heavy atom. The predicted molar refractivity (Wildman–Crippen MR) is 47.0 cm³/mol. The van der Waals surface area contributed by atoms with Crippen LogP contribution in [0.3, 0.4) is 0 Å². The summed E-state index contributed by atoms with van der Waals surface area (Å²) in [5.74, 6) is -1.31. The molecule has 1 rings (SSSR count). The van der Waals surface area contributed by atoms with E-state index in [0.717, 1.165) is 6.07 Å². The van der Waals surface area contributed by atoms with Gasteiger partial charge in [-0.05, 0) is 33.6 Å². The second kappa shape index (κ2) is 4.27. The minimum atomic E-state index is -2.98. The first kappa shape index (κ1) is 11.5. The van der Waals surface area contributed by atoms with Crippen molar-refractivity contribution in [2.45, 2.75) is 6.43 Å². The molecule has 0 amide bonds. The van der Waals surface area contributed by atoms with Crippen LogP contribution < -0.4 is 0 Å². The Kier molecular flexibility index (Phi) is 3.49. The highest BCUT2D eigenvalue weighted by atomic mass is 79.9. The van der Waals surface area contributed by atoms with Gasteiger partial charge < -0.3 is 0 Å². The standard InChI is InChI=1S/C7H2BrClF3NO/c8-3-1-2(6(10)11)4(5(9)14)7(12)13-3/h1,6H. The molecule has 14 heavy (non-hydrogen) atoms. The molecule has 7 heteroatoms. The number of hydrogen-bond donors (Lipinski definition) is 0. The normalized spacial score (nSPS) is 10.7. The molecular weight excluding hydrogens is 286 g/mol. The summed E-state index contributed by atoms with van der Waals surface area (Å²) in [6, 6.07) is 0.851. The number of rotatable bonds is 2. The van der Waals surface area contributed by atoms with Crippen molar-refractivity contribution >= 4 is 32.8 Å². The minimum Gasteiger partial charge on any atom is -0.275 e. The second-order valence-electron chi connectivity index (χ2n) is 2.27. The van der Waals surface area contributed by atoms with Crippen LogP contribution in [0.4, 0.5) is 13.2 Å². The molecule has 0 fully saturated rings. The molecule has 1 aromatic rings. The fraction of sp³-hybridized carbons (Fsp3) is 0.143. The Morgan fingerprint density at radius 1 is 1.57 bits per heavy atom. The van der Waals surface area contributed by atoms with Crippen LogP contribution in [0.2, 0.25) is 0 Å². The fourth-order valence-electron chi connectivity index (χ4n) is 0.868. The van der Waals surface area contributed by atoms with E-state index in [1.54, 1.807) is 0 Å². The zero-order valence-corrected chi connectivity index (χ0v) is 8.74. The van der Waals surface area contributed by atoms with Gasteiger partial charge in [-0.1, -0.05) is 0 Å². The average Bonchev–Trinajstić information content (AvgIpc) is 2.01. The quantitative estimate of drug-likeness (QED) is 0.617. The summed E-state index contributed by atoms with van der Waals surface area (Å²) in [5, 5.41) is -1.29. The molecule has 1 heterocycles. The van der Waals surface area contributed by atoms with Crippen LogP contribution in [0.25, 0.3) is 0 Å². The van der Waals surface area contributed by atoms with Gasteiger partial charge in [0.15, 0.2) is 0 Å². The van der Waals surface area contributed by atoms with Crippen LogP contribution in [-0.2, 0) is 0 Å². The van der Waals surface area contributed by atoms with E-state index >= 15 is 0 Å². The number of carbonyl (C=O) groups excluding carboxylic acids is 1. The number of alkyl halides is 2. The van der Waals surface area contributed by atoms with Gasteiger partial charge in [-0.3, -0.25) is 4.79 Å². The third kappa shape index (κ3) is 2.24. The van der Waals surface area contributed by atoms with Crippen molar-refractivity contribution in [2.75, 3.05) is 0 Å². The first-order valence-electron chi connectivity index (χ1n) is 3.27. The first-order chi connectivity index (χ1) is 6.43. The highest BCUT2D eigenvalue weighted by molar-refractivity contribution is 9.10. The number of nitrogens with zero attached hydrogens (tertiary/aromatic N) is 1. The molecule has 1 aromatic heterocycles. The molecule has 0 unspecified atom stereocenters. The molecule has 0 atom stereocenters. The van der Waals surface area contributed by atoms with E-state index < -0.39 is 28.7 Å². The molecule has 0 saturated heterocycles. The van der Waals surface area contributed by atoms with Gasteiger partial charge in [-0.15, -0.1) is 0 Å². The number of pyridine rings is 1. The number of halogens is 5. The first-order valence-corrected chi connectivity index (χ1v) is 4.44. The Balaban J connectivity index is 3.44. The van der Waals surface area contributed by atoms with Crippen molar-refractivity contribution in [3.63, 3.8) is 0 Å². The SMILES string of the molecule is O=C(Cl)c1c(C(F)F)cc(Br)nc1F. The molecule has 0 aliphatic carbocycles. The summed E-state index contributed by atoms with van der Waals surface area (Å²) in [6.07, 6.45) is -2.98. The Bertz CT molecular complexity index is 385. The fourth-order valence-corrected chi connectivity index (χ4v) is 1.46. The smallest absolute Gasteiger partial charge is 0.264 e. The monoisotopic (exact) mass is 287 g/mol. The van der Waals surface area contributed by atoms with Gasteiger partial charge in [-0.2, -0.15) is 4.39 Å². The topological polar surface area (TPSA) is 30.0 Å². The van der Waals surface area contributed by atoms with E-state index in [1.165, 1.54) is 0 Å². The van der Waals surface area contributed by atoms with Crippen molar-refractivity contribution in [3.8, 4) is 0 Å². The summed E-state index contributed by atoms with van der Waals surface area (Å²) < 4.78 is 37.5.